The van der Waals surface area contributed by atoms with Crippen molar-refractivity contribution in [1.82, 2.24) is 20.3 Å². The van der Waals surface area contributed by atoms with E-state index >= 15 is 0 Å². The first-order chi connectivity index (χ1) is 14.5. The number of aliphatic hydroxyl groups is 2. The molecule has 0 aliphatic rings. The third-order valence-corrected chi connectivity index (χ3v) is 4.61. The Balaban J connectivity index is 1.60. The molecule has 0 bridgehead atoms. The van der Waals surface area contributed by atoms with E-state index in [2.05, 4.69) is 20.3 Å². The minimum absolute atomic E-state index is 0.0652. The number of halogens is 1. The van der Waals surface area contributed by atoms with Gasteiger partial charge >= 0.3 is 0 Å². The lowest BCUT2D eigenvalue weighted by molar-refractivity contribution is 0.0799. The van der Waals surface area contributed by atoms with Crippen LogP contribution in [0.4, 0.5) is 4.39 Å². The highest BCUT2D eigenvalue weighted by Gasteiger charge is 2.12. The van der Waals surface area contributed by atoms with Crippen molar-refractivity contribution in [2.75, 3.05) is 13.2 Å². The quantitative estimate of drug-likeness (QED) is 0.393. The minimum atomic E-state index is -1.02. The van der Waals surface area contributed by atoms with Crippen LogP contribution in [0.2, 0.25) is 0 Å². The third-order valence-electron chi connectivity index (χ3n) is 4.61. The molecule has 4 aromatic rings. The van der Waals surface area contributed by atoms with Gasteiger partial charge in [-0.1, -0.05) is 6.07 Å². The fraction of sp³-hybridized carbons (Fsp3) is 0.136. The number of hydrogen-bond acceptors (Lipinski definition) is 5. The van der Waals surface area contributed by atoms with Gasteiger partial charge in [0.1, 0.15) is 17.2 Å². The lowest BCUT2D eigenvalue weighted by atomic mass is 10.1. The lowest BCUT2D eigenvalue weighted by Gasteiger charge is -2.09. The highest BCUT2D eigenvalue weighted by molar-refractivity contribution is 5.93. The highest BCUT2D eigenvalue weighted by Crippen LogP contribution is 2.26. The zero-order valence-electron chi connectivity index (χ0n) is 15.8. The van der Waals surface area contributed by atoms with Gasteiger partial charge in [0, 0.05) is 29.4 Å². The molecule has 8 heteroatoms. The van der Waals surface area contributed by atoms with Gasteiger partial charge in [-0.3, -0.25) is 4.79 Å². The number of aromatic nitrogens is 3. The maximum Gasteiger partial charge on any atom is 0.269 e. The molecule has 3 heterocycles. The van der Waals surface area contributed by atoms with E-state index in [-0.39, 0.29) is 18.1 Å². The maximum absolute atomic E-state index is 13.2. The number of aliphatic hydroxyl groups excluding tert-OH is 2. The minimum Gasteiger partial charge on any atom is -0.394 e. The van der Waals surface area contributed by atoms with E-state index in [4.69, 9.17) is 5.11 Å². The van der Waals surface area contributed by atoms with Crippen LogP contribution in [0.5, 0.6) is 0 Å². The molecule has 0 saturated heterocycles. The van der Waals surface area contributed by atoms with Crippen molar-refractivity contribution < 1.29 is 19.4 Å². The summed E-state index contributed by atoms with van der Waals surface area (Å²) in [4.78, 5) is 24.3. The second-order valence-corrected chi connectivity index (χ2v) is 6.81. The normalized spacial score (nSPS) is 12.1. The number of nitrogens with one attached hydrogen (secondary N) is 2. The molecule has 0 saturated carbocycles. The standard InChI is InChI=1S/C22H19FN4O3/c23-16-6-4-13(5-7-16)20-9-14-8-15(10-24-21(14)27-20)18-2-1-3-19(26-18)22(30)25-11-17(29)12-28/h1-10,17,28-29H,11-12H2,(H,24,27)(H,25,30). The van der Waals surface area contributed by atoms with Crippen LogP contribution >= 0.6 is 0 Å². The van der Waals surface area contributed by atoms with Gasteiger partial charge in [-0.05, 0) is 54.1 Å². The summed E-state index contributed by atoms with van der Waals surface area (Å²) in [7, 11) is 0. The molecule has 0 fully saturated rings. The van der Waals surface area contributed by atoms with Crippen molar-refractivity contribution in [3.8, 4) is 22.5 Å². The van der Waals surface area contributed by atoms with E-state index in [9.17, 15) is 14.3 Å². The first kappa shape index (κ1) is 19.7. The molecule has 30 heavy (non-hydrogen) atoms. The molecule has 3 aromatic heterocycles. The van der Waals surface area contributed by atoms with Crippen molar-refractivity contribution in [3.63, 3.8) is 0 Å². The second kappa shape index (κ2) is 8.40. The Labute approximate surface area is 171 Å². The van der Waals surface area contributed by atoms with Gasteiger partial charge in [-0.15, -0.1) is 0 Å². The Morgan fingerprint density at radius 2 is 1.93 bits per heavy atom. The molecular formula is C22H19FN4O3. The number of hydrogen-bond donors (Lipinski definition) is 4. The van der Waals surface area contributed by atoms with Crippen LogP contribution in [0, 0.1) is 5.82 Å². The van der Waals surface area contributed by atoms with Gasteiger partial charge in [0.25, 0.3) is 5.91 Å². The number of rotatable bonds is 6. The van der Waals surface area contributed by atoms with Crippen LogP contribution in [-0.2, 0) is 0 Å². The number of fused-ring (bicyclic) bond motifs is 1. The Bertz CT molecular complexity index is 1190. The maximum atomic E-state index is 13.2. The fourth-order valence-corrected chi connectivity index (χ4v) is 3.03. The SMILES string of the molecule is O=C(NCC(O)CO)c1cccc(-c2cnc3[nH]c(-c4ccc(F)cc4)cc3c2)n1. The molecule has 0 spiro atoms. The van der Waals surface area contributed by atoms with Crippen LogP contribution in [0.3, 0.4) is 0 Å². The van der Waals surface area contributed by atoms with Crippen molar-refractivity contribution in [3.05, 3.63) is 72.3 Å². The number of pyridine rings is 2. The van der Waals surface area contributed by atoms with Crippen LogP contribution in [0.1, 0.15) is 10.5 Å². The molecule has 1 amide bonds. The van der Waals surface area contributed by atoms with Gasteiger partial charge in [0.15, 0.2) is 0 Å². The molecule has 4 N–H and O–H groups in total. The predicted octanol–water partition coefficient (Wildman–Crippen LogP) is 2.51. The van der Waals surface area contributed by atoms with Crippen molar-refractivity contribution in [2.24, 2.45) is 0 Å². The number of H-pyrrole nitrogens is 1. The Morgan fingerprint density at radius 3 is 2.70 bits per heavy atom. The van der Waals surface area contributed by atoms with Crippen LogP contribution < -0.4 is 5.32 Å². The molecular weight excluding hydrogens is 387 g/mol. The summed E-state index contributed by atoms with van der Waals surface area (Å²) in [6, 6.07) is 15.1. The smallest absolute Gasteiger partial charge is 0.269 e. The summed E-state index contributed by atoms with van der Waals surface area (Å²) in [5.74, 6) is -0.741. The van der Waals surface area contributed by atoms with Gasteiger partial charge in [0.05, 0.1) is 18.4 Å². The summed E-state index contributed by atoms with van der Waals surface area (Å²) in [6.45, 7) is -0.500. The molecule has 4 rings (SSSR count). The number of benzene rings is 1. The first-order valence-electron chi connectivity index (χ1n) is 9.33. The molecule has 0 aliphatic carbocycles. The van der Waals surface area contributed by atoms with Crippen LogP contribution in [-0.4, -0.2) is 50.3 Å². The number of amides is 1. The van der Waals surface area contributed by atoms with Gasteiger partial charge in [-0.25, -0.2) is 14.4 Å². The van der Waals surface area contributed by atoms with E-state index < -0.39 is 18.6 Å². The second-order valence-electron chi connectivity index (χ2n) is 6.81. The number of carbonyl (C=O) groups excluding carboxylic acids is 1. The summed E-state index contributed by atoms with van der Waals surface area (Å²) < 4.78 is 13.2. The molecule has 1 aromatic carbocycles. The molecule has 7 nitrogen and oxygen atoms in total. The Kier molecular flexibility index (Phi) is 5.51. The van der Waals surface area contributed by atoms with E-state index in [1.54, 1.807) is 36.5 Å². The zero-order valence-corrected chi connectivity index (χ0v) is 15.8. The van der Waals surface area contributed by atoms with Gasteiger partial charge < -0.3 is 20.5 Å². The fourth-order valence-electron chi connectivity index (χ4n) is 3.03. The molecule has 0 aliphatic heterocycles. The average Bonchev–Trinajstić information content (AvgIpc) is 3.21. The molecule has 152 valence electrons. The largest absolute Gasteiger partial charge is 0.394 e. The number of aromatic amines is 1. The molecule has 1 atom stereocenters. The van der Waals surface area contributed by atoms with Crippen molar-refractivity contribution in [2.45, 2.75) is 6.10 Å². The zero-order chi connectivity index (χ0) is 21.1. The van der Waals surface area contributed by atoms with E-state index in [0.717, 1.165) is 22.2 Å². The number of carbonyl (C=O) groups is 1. The lowest BCUT2D eigenvalue weighted by Crippen LogP contribution is -2.34. The van der Waals surface area contributed by atoms with E-state index in [1.807, 2.05) is 12.1 Å². The Morgan fingerprint density at radius 1 is 1.13 bits per heavy atom. The van der Waals surface area contributed by atoms with Crippen molar-refractivity contribution >= 4 is 16.9 Å². The monoisotopic (exact) mass is 406 g/mol. The van der Waals surface area contributed by atoms with Gasteiger partial charge in [0.2, 0.25) is 0 Å². The van der Waals surface area contributed by atoms with E-state index in [0.29, 0.717) is 11.3 Å². The topological polar surface area (TPSA) is 111 Å². The predicted molar refractivity (Wildman–Crippen MR) is 110 cm³/mol. The van der Waals surface area contributed by atoms with Crippen LogP contribution in [0.25, 0.3) is 33.5 Å². The van der Waals surface area contributed by atoms with Gasteiger partial charge in [-0.2, -0.15) is 0 Å². The van der Waals surface area contributed by atoms with Crippen LogP contribution in [0.15, 0.2) is 60.8 Å². The third kappa shape index (κ3) is 4.19. The molecule has 0 radical (unpaired) electrons. The number of nitrogens with zero attached hydrogens (tertiary/aromatic N) is 2. The molecule has 1 unspecified atom stereocenters. The summed E-state index contributed by atoms with van der Waals surface area (Å²) >= 11 is 0. The Hall–Kier alpha value is -3.62. The highest BCUT2D eigenvalue weighted by atomic mass is 19.1. The van der Waals surface area contributed by atoms with E-state index in [1.165, 1.54) is 12.1 Å². The summed E-state index contributed by atoms with van der Waals surface area (Å²) in [5.41, 5.74) is 3.85. The average molecular weight is 406 g/mol. The van der Waals surface area contributed by atoms with Crippen molar-refractivity contribution in [1.29, 1.82) is 0 Å². The summed E-state index contributed by atoms with van der Waals surface area (Å²) in [6.07, 6.45) is 0.639. The first-order valence-corrected chi connectivity index (χ1v) is 9.33. The summed E-state index contributed by atoms with van der Waals surface area (Å²) in [5, 5.41) is 21.6.